The lowest BCUT2D eigenvalue weighted by atomic mass is 9.87. The molecule has 1 aliphatic rings. The standard InChI is InChI=1S/C19H21NO2/c1-21-17-6-5-13-9-15(4-3-14(13)10-17)19-8-7-18(22-2)11-16(19)12-20/h5-11H,3-4,12,20H2,1-2H3. The molecule has 0 unspecified atom stereocenters. The Morgan fingerprint density at radius 1 is 0.955 bits per heavy atom. The monoisotopic (exact) mass is 295 g/mol. The minimum Gasteiger partial charge on any atom is -0.497 e. The number of hydrogen-bond donors (Lipinski definition) is 1. The predicted octanol–water partition coefficient (Wildman–Crippen LogP) is 3.65. The first-order valence-electron chi connectivity index (χ1n) is 7.50. The average molecular weight is 295 g/mol. The molecule has 0 amide bonds. The molecule has 2 aromatic rings. The van der Waals surface area contributed by atoms with Crippen LogP contribution in [0.3, 0.4) is 0 Å². The van der Waals surface area contributed by atoms with Crippen molar-refractivity contribution >= 4 is 11.6 Å². The predicted molar refractivity (Wildman–Crippen MR) is 90.1 cm³/mol. The largest absolute Gasteiger partial charge is 0.497 e. The smallest absolute Gasteiger partial charge is 0.119 e. The molecule has 2 aromatic carbocycles. The van der Waals surface area contributed by atoms with Crippen molar-refractivity contribution in [1.29, 1.82) is 0 Å². The second kappa shape index (κ2) is 6.24. The first kappa shape index (κ1) is 14.7. The van der Waals surface area contributed by atoms with Crippen molar-refractivity contribution in [3.63, 3.8) is 0 Å². The van der Waals surface area contributed by atoms with Gasteiger partial charge in [-0.15, -0.1) is 0 Å². The van der Waals surface area contributed by atoms with Gasteiger partial charge in [0.25, 0.3) is 0 Å². The van der Waals surface area contributed by atoms with Gasteiger partial charge >= 0.3 is 0 Å². The van der Waals surface area contributed by atoms with Crippen molar-refractivity contribution in [2.75, 3.05) is 14.2 Å². The molecule has 22 heavy (non-hydrogen) atoms. The fourth-order valence-electron chi connectivity index (χ4n) is 2.99. The Kier molecular flexibility index (Phi) is 4.16. The van der Waals surface area contributed by atoms with Gasteiger partial charge in [0.1, 0.15) is 11.5 Å². The quantitative estimate of drug-likeness (QED) is 0.936. The van der Waals surface area contributed by atoms with E-state index in [4.69, 9.17) is 15.2 Å². The topological polar surface area (TPSA) is 44.5 Å². The summed E-state index contributed by atoms with van der Waals surface area (Å²) in [7, 11) is 3.38. The van der Waals surface area contributed by atoms with Crippen LogP contribution in [0, 0.1) is 0 Å². The fraction of sp³-hybridized carbons (Fsp3) is 0.263. The van der Waals surface area contributed by atoms with Crippen molar-refractivity contribution in [3.8, 4) is 11.5 Å². The fourth-order valence-corrected chi connectivity index (χ4v) is 2.99. The lowest BCUT2D eigenvalue weighted by Crippen LogP contribution is -2.05. The van der Waals surface area contributed by atoms with Gasteiger partial charge in [-0.2, -0.15) is 0 Å². The van der Waals surface area contributed by atoms with Crippen molar-refractivity contribution in [2.24, 2.45) is 5.73 Å². The van der Waals surface area contributed by atoms with Crippen LogP contribution >= 0.6 is 0 Å². The normalized spacial score (nSPS) is 13.3. The van der Waals surface area contributed by atoms with Crippen LogP contribution in [-0.4, -0.2) is 14.2 Å². The summed E-state index contributed by atoms with van der Waals surface area (Å²) in [5, 5.41) is 0. The van der Waals surface area contributed by atoms with Crippen LogP contribution in [-0.2, 0) is 13.0 Å². The van der Waals surface area contributed by atoms with Gasteiger partial charge in [0.15, 0.2) is 0 Å². The molecule has 114 valence electrons. The Labute approximate surface area is 131 Å². The molecule has 0 saturated heterocycles. The number of nitrogens with two attached hydrogens (primary N) is 1. The molecule has 3 nitrogen and oxygen atoms in total. The van der Waals surface area contributed by atoms with E-state index in [1.165, 1.54) is 22.3 Å². The Hall–Kier alpha value is -2.26. The zero-order valence-electron chi connectivity index (χ0n) is 13.1. The maximum atomic E-state index is 5.91. The van der Waals surface area contributed by atoms with Crippen LogP contribution in [0.5, 0.6) is 11.5 Å². The summed E-state index contributed by atoms with van der Waals surface area (Å²) in [5.74, 6) is 1.77. The zero-order valence-corrected chi connectivity index (χ0v) is 13.1. The highest BCUT2D eigenvalue weighted by Crippen LogP contribution is 2.34. The van der Waals surface area contributed by atoms with Gasteiger partial charge in [0, 0.05) is 6.54 Å². The molecule has 0 atom stereocenters. The molecule has 0 bridgehead atoms. The highest BCUT2D eigenvalue weighted by Gasteiger charge is 2.15. The molecule has 0 radical (unpaired) electrons. The molecule has 0 aromatic heterocycles. The second-order valence-corrected chi connectivity index (χ2v) is 5.46. The SMILES string of the molecule is COc1ccc2c(c1)CCC(c1ccc(OC)cc1CN)=C2. The highest BCUT2D eigenvalue weighted by molar-refractivity contribution is 5.86. The second-order valence-electron chi connectivity index (χ2n) is 5.46. The van der Waals surface area contributed by atoms with Crippen LogP contribution in [0.2, 0.25) is 0 Å². The number of aryl methyl sites for hydroxylation is 1. The van der Waals surface area contributed by atoms with E-state index in [-0.39, 0.29) is 0 Å². The van der Waals surface area contributed by atoms with Crippen molar-refractivity contribution in [2.45, 2.75) is 19.4 Å². The Balaban J connectivity index is 2.00. The van der Waals surface area contributed by atoms with E-state index >= 15 is 0 Å². The van der Waals surface area contributed by atoms with Crippen molar-refractivity contribution in [3.05, 3.63) is 58.7 Å². The molecule has 0 saturated carbocycles. The van der Waals surface area contributed by atoms with E-state index in [1.54, 1.807) is 14.2 Å². The van der Waals surface area contributed by atoms with Crippen LogP contribution in [0.15, 0.2) is 36.4 Å². The minimum atomic E-state index is 0.513. The van der Waals surface area contributed by atoms with Gasteiger partial charge in [-0.1, -0.05) is 18.2 Å². The molecule has 0 fully saturated rings. The highest BCUT2D eigenvalue weighted by atomic mass is 16.5. The maximum Gasteiger partial charge on any atom is 0.119 e. The molecule has 0 spiro atoms. The lowest BCUT2D eigenvalue weighted by molar-refractivity contribution is 0.414. The number of rotatable bonds is 4. The zero-order chi connectivity index (χ0) is 15.5. The summed E-state index contributed by atoms with van der Waals surface area (Å²) in [6.07, 6.45) is 4.30. The number of methoxy groups -OCH3 is 2. The molecule has 3 rings (SSSR count). The molecule has 2 N–H and O–H groups in total. The molecule has 1 aliphatic carbocycles. The van der Waals surface area contributed by atoms with Crippen molar-refractivity contribution < 1.29 is 9.47 Å². The van der Waals surface area contributed by atoms with Crippen LogP contribution in [0.1, 0.15) is 28.7 Å². The van der Waals surface area contributed by atoms with Gasteiger partial charge in [0.05, 0.1) is 14.2 Å². The Morgan fingerprint density at radius 3 is 2.41 bits per heavy atom. The van der Waals surface area contributed by atoms with Gasteiger partial charge in [-0.3, -0.25) is 0 Å². The van der Waals surface area contributed by atoms with E-state index in [9.17, 15) is 0 Å². The van der Waals surface area contributed by atoms with Gasteiger partial charge < -0.3 is 15.2 Å². The molecule has 3 heteroatoms. The first-order chi connectivity index (χ1) is 10.7. The number of hydrogen-bond acceptors (Lipinski definition) is 3. The summed E-state index contributed by atoms with van der Waals surface area (Å²) in [5.41, 5.74) is 12.2. The summed E-state index contributed by atoms with van der Waals surface area (Å²) in [6.45, 7) is 0.513. The van der Waals surface area contributed by atoms with Gasteiger partial charge in [-0.05, 0) is 64.9 Å². The van der Waals surface area contributed by atoms with E-state index in [2.05, 4.69) is 24.3 Å². The summed E-state index contributed by atoms with van der Waals surface area (Å²) in [4.78, 5) is 0. The third kappa shape index (κ3) is 2.72. The molecular formula is C19H21NO2. The summed E-state index contributed by atoms with van der Waals surface area (Å²) >= 11 is 0. The number of fused-ring (bicyclic) bond motifs is 1. The Bertz CT molecular complexity index is 719. The number of benzene rings is 2. The first-order valence-corrected chi connectivity index (χ1v) is 7.50. The van der Waals surface area contributed by atoms with Crippen molar-refractivity contribution in [1.82, 2.24) is 0 Å². The molecular weight excluding hydrogens is 274 g/mol. The van der Waals surface area contributed by atoms with E-state index in [0.717, 1.165) is 29.9 Å². The van der Waals surface area contributed by atoms with E-state index in [1.807, 2.05) is 18.2 Å². The third-order valence-electron chi connectivity index (χ3n) is 4.22. The van der Waals surface area contributed by atoms with Gasteiger partial charge in [-0.25, -0.2) is 0 Å². The molecule has 0 aliphatic heterocycles. The van der Waals surface area contributed by atoms with Crippen LogP contribution in [0.25, 0.3) is 11.6 Å². The summed E-state index contributed by atoms with van der Waals surface area (Å²) < 4.78 is 10.6. The average Bonchev–Trinajstić information content (AvgIpc) is 2.60. The van der Waals surface area contributed by atoms with E-state index in [0.29, 0.717) is 6.54 Å². The van der Waals surface area contributed by atoms with E-state index < -0.39 is 0 Å². The van der Waals surface area contributed by atoms with Crippen LogP contribution < -0.4 is 15.2 Å². The lowest BCUT2D eigenvalue weighted by Gasteiger charge is -2.20. The van der Waals surface area contributed by atoms with Gasteiger partial charge in [0.2, 0.25) is 0 Å². The number of allylic oxidation sites excluding steroid dienone is 1. The Morgan fingerprint density at radius 2 is 1.68 bits per heavy atom. The van der Waals surface area contributed by atoms with Crippen LogP contribution in [0.4, 0.5) is 0 Å². The number of ether oxygens (including phenoxy) is 2. The molecule has 0 heterocycles. The maximum absolute atomic E-state index is 5.91. The third-order valence-corrected chi connectivity index (χ3v) is 4.22. The minimum absolute atomic E-state index is 0.513. The summed E-state index contributed by atoms with van der Waals surface area (Å²) in [6, 6.07) is 12.4.